The minimum Gasteiger partial charge on any atom is -0.487 e. The topological polar surface area (TPSA) is 85.2 Å². The Kier molecular flexibility index (Phi) is 9.85. The van der Waals surface area contributed by atoms with E-state index in [0.717, 1.165) is 43.9 Å². The van der Waals surface area contributed by atoms with E-state index in [1.807, 2.05) is 13.8 Å². The zero-order valence-electron chi connectivity index (χ0n) is 19.9. The van der Waals surface area contributed by atoms with E-state index in [-0.39, 0.29) is 42.4 Å². The first kappa shape index (κ1) is 26.6. The van der Waals surface area contributed by atoms with Crippen LogP contribution in [0.3, 0.4) is 0 Å². The molecule has 0 spiro atoms. The summed E-state index contributed by atoms with van der Waals surface area (Å²) in [6, 6.07) is 2.90. The minimum atomic E-state index is -1.03. The molecule has 2 aliphatic rings. The summed E-state index contributed by atoms with van der Waals surface area (Å²) in [5.41, 5.74) is 0. The van der Waals surface area contributed by atoms with E-state index in [1.165, 1.54) is 6.08 Å². The molecule has 8 heteroatoms. The number of aliphatic hydroxyl groups excluding tert-OH is 2. The van der Waals surface area contributed by atoms with Crippen molar-refractivity contribution in [2.75, 3.05) is 13.2 Å². The van der Waals surface area contributed by atoms with E-state index in [0.29, 0.717) is 25.4 Å². The van der Waals surface area contributed by atoms with Crippen molar-refractivity contribution in [3.8, 4) is 5.75 Å². The Morgan fingerprint density at radius 2 is 2.09 bits per heavy atom. The van der Waals surface area contributed by atoms with Gasteiger partial charge in [-0.25, -0.2) is 8.78 Å². The average molecular weight is 483 g/mol. The molecule has 3 rings (SSSR count). The van der Waals surface area contributed by atoms with Gasteiger partial charge in [-0.1, -0.05) is 12.2 Å². The number of ether oxygens (including phenoxy) is 3. The number of aliphatic hydroxyl groups is 2. The smallest absolute Gasteiger partial charge is 0.306 e. The Balaban J connectivity index is 1.47. The number of hydrogen-bond donors (Lipinski definition) is 2. The lowest BCUT2D eigenvalue weighted by atomic mass is 9.86. The molecule has 1 saturated heterocycles. The molecule has 1 aliphatic carbocycles. The second-order valence-corrected chi connectivity index (χ2v) is 9.63. The van der Waals surface area contributed by atoms with Gasteiger partial charge in [0.1, 0.15) is 18.5 Å². The van der Waals surface area contributed by atoms with E-state index in [1.54, 1.807) is 6.08 Å². The molecular weight excluding hydrogens is 446 g/mol. The standard InChI is InChI=1S/C26H36F2O6/c1-16(2)34-26(31)5-3-4-17-6-9-21-20(23(30)13-24(21)32-14-17)10-8-19(29)15-33-25-12-18(27)7-11-22(25)28/h7-8,10-12,16-17,19-21,23-24,29-30H,3-6,9,13-15H2,1-2H3/b10-8+/t17-,19+,20+,21?,23+,24?/m0/s1. The van der Waals surface area contributed by atoms with Crippen LogP contribution in [-0.4, -0.2) is 53.8 Å². The summed E-state index contributed by atoms with van der Waals surface area (Å²) in [6.45, 7) is 4.06. The third-order valence-electron chi connectivity index (χ3n) is 6.56. The highest BCUT2D eigenvalue weighted by Crippen LogP contribution is 2.42. The van der Waals surface area contributed by atoms with Crippen LogP contribution in [0.5, 0.6) is 5.75 Å². The Bertz CT molecular complexity index is 830. The molecule has 34 heavy (non-hydrogen) atoms. The van der Waals surface area contributed by atoms with Crippen molar-refractivity contribution in [2.24, 2.45) is 17.8 Å². The Hall–Kier alpha value is -2.03. The summed E-state index contributed by atoms with van der Waals surface area (Å²) in [5.74, 6) is -1.41. The largest absolute Gasteiger partial charge is 0.487 e. The van der Waals surface area contributed by atoms with Crippen molar-refractivity contribution < 1.29 is 38.0 Å². The van der Waals surface area contributed by atoms with Crippen LogP contribution < -0.4 is 4.74 Å². The quantitative estimate of drug-likeness (QED) is 0.385. The molecule has 0 radical (unpaired) electrons. The number of esters is 1. The maximum absolute atomic E-state index is 13.7. The van der Waals surface area contributed by atoms with E-state index in [2.05, 4.69) is 0 Å². The van der Waals surface area contributed by atoms with Gasteiger partial charge in [-0.15, -0.1) is 0 Å². The van der Waals surface area contributed by atoms with Crippen LogP contribution in [0.2, 0.25) is 0 Å². The van der Waals surface area contributed by atoms with Crippen molar-refractivity contribution in [2.45, 2.75) is 76.8 Å². The number of carbonyl (C=O) groups excluding carboxylic acids is 1. The van der Waals surface area contributed by atoms with Crippen LogP contribution in [0.4, 0.5) is 8.78 Å². The third-order valence-corrected chi connectivity index (χ3v) is 6.56. The SMILES string of the molecule is CC(C)OC(=O)CCC[C@H]1CCC2C(C[C@@H](O)[C@@H]2/C=C/[C@@H](O)COc2cc(F)ccc2F)OC1. The lowest BCUT2D eigenvalue weighted by molar-refractivity contribution is -0.147. The van der Waals surface area contributed by atoms with E-state index < -0.39 is 23.8 Å². The predicted octanol–water partition coefficient (Wildman–Crippen LogP) is 4.17. The Morgan fingerprint density at radius 1 is 1.29 bits per heavy atom. The van der Waals surface area contributed by atoms with Crippen molar-refractivity contribution in [3.05, 3.63) is 42.0 Å². The first-order chi connectivity index (χ1) is 16.2. The number of benzene rings is 1. The van der Waals surface area contributed by atoms with Crippen molar-refractivity contribution in [1.29, 1.82) is 0 Å². The maximum Gasteiger partial charge on any atom is 0.306 e. The van der Waals surface area contributed by atoms with Crippen LogP contribution in [0.25, 0.3) is 0 Å². The normalized spacial score (nSPS) is 28.0. The number of halogens is 2. The molecule has 190 valence electrons. The van der Waals surface area contributed by atoms with Crippen LogP contribution in [0.15, 0.2) is 30.4 Å². The zero-order valence-corrected chi connectivity index (χ0v) is 19.9. The van der Waals surface area contributed by atoms with Crippen LogP contribution in [-0.2, 0) is 14.3 Å². The van der Waals surface area contributed by atoms with Crippen LogP contribution >= 0.6 is 0 Å². The van der Waals surface area contributed by atoms with E-state index in [4.69, 9.17) is 14.2 Å². The second-order valence-electron chi connectivity index (χ2n) is 9.63. The van der Waals surface area contributed by atoms with Gasteiger partial charge in [-0.3, -0.25) is 4.79 Å². The van der Waals surface area contributed by atoms with E-state index in [9.17, 15) is 23.8 Å². The molecule has 6 nitrogen and oxygen atoms in total. The Labute approximate surface area is 199 Å². The number of carbonyl (C=O) groups is 1. The fourth-order valence-electron chi connectivity index (χ4n) is 4.87. The van der Waals surface area contributed by atoms with Gasteiger partial charge in [0, 0.05) is 31.4 Å². The molecule has 6 atom stereocenters. The monoisotopic (exact) mass is 482 g/mol. The minimum absolute atomic E-state index is 0.0460. The summed E-state index contributed by atoms with van der Waals surface area (Å²) in [7, 11) is 0. The fourth-order valence-corrected chi connectivity index (χ4v) is 4.87. The van der Waals surface area contributed by atoms with Gasteiger partial charge in [-0.2, -0.15) is 0 Å². The lowest BCUT2D eigenvalue weighted by Crippen LogP contribution is -2.22. The van der Waals surface area contributed by atoms with Gasteiger partial charge < -0.3 is 24.4 Å². The Morgan fingerprint density at radius 3 is 2.85 bits per heavy atom. The third kappa shape index (κ3) is 7.75. The summed E-state index contributed by atoms with van der Waals surface area (Å²) >= 11 is 0. The van der Waals surface area contributed by atoms with Gasteiger partial charge in [0.15, 0.2) is 11.6 Å². The summed E-state index contributed by atoms with van der Waals surface area (Å²) in [4.78, 5) is 11.7. The van der Waals surface area contributed by atoms with Crippen molar-refractivity contribution in [3.63, 3.8) is 0 Å². The summed E-state index contributed by atoms with van der Waals surface area (Å²) in [6.07, 6.45) is 6.02. The van der Waals surface area contributed by atoms with Gasteiger partial charge >= 0.3 is 5.97 Å². The fraction of sp³-hybridized carbons (Fsp3) is 0.654. The molecule has 1 aromatic rings. The molecule has 2 fully saturated rings. The van der Waals surface area contributed by atoms with Crippen LogP contribution in [0, 0.1) is 29.4 Å². The predicted molar refractivity (Wildman–Crippen MR) is 122 cm³/mol. The first-order valence-corrected chi connectivity index (χ1v) is 12.2. The molecule has 1 heterocycles. The molecule has 0 aromatic heterocycles. The first-order valence-electron chi connectivity index (χ1n) is 12.2. The molecule has 1 aliphatic heterocycles. The summed E-state index contributed by atoms with van der Waals surface area (Å²) < 4.78 is 43.4. The van der Waals surface area contributed by atoms with E-state index >= 15 is 0 Å². The lowest BCUT2D eigenvalue weighted by Gasteiger charge is -2.21. The molecule has 2 unspecified atom stereocenters. The highest BCUT2D eigenvalue weighted by Gasteiger charge is 2.43. The molecule has 0 amide bonds. The number of rotatable bonds is 10. The van der Waals surface area contributed by atoms with Gasteiger partial charge in [-0.05, 0) is 63.5 Å². The maximum atomic E-state index is 13.7. The van der Waals surface area contributed by atoms with Crippen LogP contribution in [0.1, 0.15) is 52.4 Å². The molecule has 1 aromatic carbocycles. The molecule has 0 bridgehead atoms. The summed E-state index contributed by atoms with van der Waals surface area (Å²) in [5, 5.41) is 20.8. The second kappa shape index (κ2) is 12.6. The number of hydrogen-bond acceptors (Lipinski definition) is 6. The number of fused-ring (bicyclic) bond motifs is 1. The molecule has 1 saturated carbocycles. The average Bonchev–Trinajstić information content (AvgIpc) is 2.94. The molecular formula is C26H36F2O6. The van der Waals surface area contributed by atoms with Crippen molar-refractivity contribution in [1.82, 2.24) is 0 Å². The van der Waals surface area contributed by atoms with Crippen molar-refractivity contribution >= 4 is 5.97 Å². The van der Waals surface area contributed by atoms with Gasteiger partial charge in [0.05, 0.1) is 18.3 Å². The zero-order chi connectivity index (χ0) is 24.7. The van der Waals surface area contributed by atoms with Gasteiger partial charge in [0.2, 0.25) is 0 Å². The highest BCUT2D eigenvalue weighted by atomic mass is 19.1. The van der Waals surface area contributed by atoms with Gasteiger partial charge in [0.25, 0.3) is 0 Å². The molecule has 2 N–H and O–H groups in total. The highest BCUT2D eigenvalue weighted by molar-refractivity contribution is 5.69.